The molecule has 2 rings (SSSR count). The minimum absolute atomic E-state index is 0.0421. The first kappa shape index (κ1) is 80.0. The van der Waals surface area contributed by atoms with Gasteiger partial charge in [0.25, 0.3) is 5.91 Å². The quantitative estimate of drug-likeness (QED) is 0.0110. The Balaban J connectivity index is 2.73. The summed E-state index contributed by atoms with van der Waals surface area (Å²) in [5.41, 5.74) is 15.8. The predicted octanol–water partition coefficient (Wildman–Crippen LogP) is -4.94. The van der Waals surface area contributed by atoms with Crippen molar-refractivity contribution in [2.45, 2.75) is 243 Å². The van der Waals surface area contributed by atoms with Crippen molar-refractivity contribution in [2.75, 3.05) is 33.3 Å². The number of hydrogen-bond acceptors (Lipinski definition) is 21. The lowest BCUT2D eigenvalue weighted by molar-refractivity contribution is -0.311. The molecule has 0 aromatic rings. The highest BCUT2D eigenvalue weighted by Gasteiger charge is 2.45. The van der Waals surface area contributed by atoms with Crippen LogP contribution in [0.1, 0.15) is 151 Å². The van der Waals surface area contributed by atoms with Crippen LogP contribution in [0, 0.1) is 5.92 Å². The fourth-order valence-electron chi connectivity index (χ4n) is 9.88. The maximum Gasteiger partial charge on any atom is 0.328 e. The number of rotatable bonds is 29. The molecule has 0 aliphatic carbocycles. The zero-order valence-corrected chi connectivity index (χ0v) is 53.5. The average Bonchev–Trinajstić information content (AvgIpc) is 0.948. The largest absolute Gasteiger partial charge is 0.458 e. The SMILES string of the molecule is C/C=C(/NC(=O)CC(CCCCCCCCCCC)OC1OC(CO)C(O)C(O)C1O)C(=O)NC1C(=O)NC(C(C)O)C(=O)NC(CC(C)C)C(=O)NCC(=O)NC(CCC(N)=O)C(=O)NCC(=O)N(C)C(C(C)O)C(=O)NC(CCCN=C(N)N)C(=O)OC1C. The Morgan fingerprint density at radius 1 is 0.747 bits per heavy atom. The van der Waals surface area contributed by atoms with Crippen molar-refractivity contribution in [1.82, 2.24) is 47.4 Å². The number of aliphatic hydroxyl groups excluding tert-OH is 6. The summed E-state index contributed by atoms with van der Waals surface area (Å²) in [6.45, 7) is 7.68. The number of carbonyl (C=O) groups excluding carboxylic acids is 11. The first-order valence-electron chi connectivity index (χ1n) is 31.0. The number of nitrogens with zero attached hydrogens (tertiary/aromatic N) is 2. The van der Waals surface area contributed by atoms with Crippen molar-refractivity contribution < 1.29 is 97.6 Å². The molecule has 15 atom stereocenters. The van der Waals surface area contributed by atoms with Crippen LogP contribution >= 0.6 is 0 Å². The second kappa shape index (κ2) is 41.4. The molecule has 0 bridgehead atoms. The fraction of sp³-hybridized carbons (Fsp3) is 0.759. The number of primary amides is 1. The van der Waals surface area contributed by atoms with Crippen molar-refractivity contribution >= 4 is 71.0 Å². The lowest BCUT2D eigenvalue weighted by Gasteiger charge is -2.40. The number of aliphatic hydroxyl groups is 6. The third-order valence-corrected chi connectivity index (χ3v) is 15.0. The number of carbonyl (C=O) groups is 11. The van der Waals surface area contributed by atoms with Crippen molar-refractivity contribution in [3.8, 4) is 0 Å². The number of ether oxygens (including phenoxy) is 3. The number of aliphatic imine (C=N–C) groups is 1. The minimum atomic E-state index is -2.07. The van der Waals surface area contributed by atoms with E-state index in [4.69, 9.17) is 31.4 Å². The average molecular weight is 1300 g/mol. The van der Waals surface area contributed by atoms with Crippen LogP contribution in [0.3, 0.4) is 0 Å². The molecule has 20 N–H and O–H groups in total. The summed E-state index contributed by atoms with van der Waals surface area (Å²) in [7, 11) is 1.09. The molecule has 33 heteroatoms. The van der Waals surface area contributed by atoms with Gasteiger partial charge in [0.1, 0.15) is 72.5 Å². The Hall–Kier alpha value is -7.14. The topological polar surface area (TPSA) is 527 Å². The van der Waals surface area contributed by atoms with E-state index in [1.807, 2.05) is 0 Å². The molecule has 10 amide bonds. The van der Waals surface area contributed by atoms with Gasteiger partial charge in [0.15, 0.2) is 12.2 Å². The van der Waals surface area contributed by atoms with Gasteiger partial charge in [-0.05, 0) is 65.7 Å². The molecular weight excluding hydrogens is 1200 g/mol. The minimum Gasteiger partial charge on any atom is -0.458 e. The monoisotopic (exact) mass is 1300 g/mol. The van der Waals surface area contributed by atoms with E-state index in [1.54, 1.807) is 13.8 Å². The summed E-state index contributed by atoms with van der Waals surface area (Å²) >= 11 is 0. The molecule has 0 aromatic carbocycles. The van der Waals surface area contributed by atoms with Gasteiger partial charge in [-0.15, -0.1) is 0 Å². The van der Waals surface area contributed by atoms with E-state index in [9.17, 15) is 83.4 Å². The summed E-state index contributed by atoms with van der Waals surface area (Å²) in [5.74, 6) is -12.4. The second-order valence-electron chi connectivity index (χ2n) is 23.3. The van der Waals surface area contributed by atoms with Crippen LogP contribution in [0.25, 0.3) is 0 Å². The van der Waals surface area contributed by atoms with E-state index < -0.39 is 195 Å². The van der Waals surface area contributed by atoms with Gasteiger partial charge in [0.2, 0.25) is 53.2 Å². The van der Waals surface area contributed by atoms with Crippen LogP contribution in [0.15, 0.2) is 16.8 Å². The Morgan fingerprint density at radius 3 is 1.92 bits per heavy atom. The van der Waals surface area contributed by atoms with Crippen LogP contribution in [-0.2, 0) is 67.0 Å². The van der Waals surface area contributed by atoms with E-state index in [1.165, 1.54) is 6.92 Å². The highest BCUT2D eigenvalue weighted by molar-refractivity contribution is 6.01. The first-order chi connectivity index (χ1) is 42.9. The van der Waals surface area contributed by atoms with Crippen LogP contribution < -0.4 is 59.7 Å². The van der Waals surface area contributed by atoms with E-state index in [-0.39, 0.29) is 50.5 Å². The van der Waals surface area contributed by atoms with Gasteiger partial charge >= 0.3 is 5.97 Å². The van der Waals surface area contributed by atoms with Gasteiger partial charge in [-0.1, -0.05) is 84.6 Å². The summed E-state index contributed by atoms with van der Waals surface area (Å²) in [5, 5.41) is 82.6. The molecule has 2 fully saturated rings. The van der Waals surface area contributed by atoms with Crippen molar-refractivity contribution in [1.29, 1.82) is 0 Å². The molecule has 2 aliphatic heterocycles. The highest BCUT2D eigenvalue weighted by atomic mass is 16.7. The highest BCUT2D eigenvalue weighted by Crippen LogP contribution is 2.26. The number of nitrogens with one attached hydrogen (secondary N) is 8. The number of allylic oxidation sites excluding steroid dienone is 1. The molecule has 0 spiro atoms. The molecule has 518 valence electrons. The Morgan fingerprint density at radius 2 is 1.35 bits per heavy atom. The van der Waals surface area contributed by atoms with Crippen LogP contribution in [0.4, 0.5) is 0 Å². The zero-order valence-electron chi connectivity index (χ0n) is 53.5. The molecule has 0 aromatic heterocycles. The summed E-state index contributed by atoms with van der Waals surface area (Å²) in [6.07, 6.45) is -6.44. The zero-order chi connectivity index (χ0) is 68.7. The molecule has 2 saturated heterocycles. The second-order valence-corrected chi connectivity index (χ2v) is 23.3. The number of likely N-dealkylation sites (N-methyl/N-ethyl adjacent to an activating group) is 1. The number of nitrogens with two attached hydrogens (primary N) is 3. The lowest BCUT2D eigenvalue weighted by Crippen LogP contribution is -2.62. The van der Waals surface area contributed by atoms with Gasteiger partial charge in [-0.3, -0.25) is 52.9 Å². The van der Waals surface area contributed by atoms with Gasteiger partial charge in [0.05, 0.1) is 44.4 Å². The van der Waals surface area contributed by atoms with E-state index >= 15 is 0 Å². The molecule has 2 aliphatic rings. The molecule has 15 unspecified atom stereocenters. The van der Waals surface area contributed by atoms with Crippen molar-refractivity contribution in [3.63, 3.8) is 0 Å². The maximum absolute atomic E-state index is 14.7. The maximum atomic E-state index is 14.7. The molecular formula is C58H101N13O20. The molecule has 0 radical (unpaired) electrons. The molecule has 91 heavy (non-hydrogen) atoms. The molecule has 2 heterocycles. The van der Waals surface area contributed by atoms with Gasteiger partial charge in [-0.2, -0.15) is 0 Å². The third kappa shape index (κ3) is 28.5. The smallest absolute Gasteiger partial charge is 0.328 e. The number of cyclic esters (lactones) is 1. The summed E-state index contributed by atoms with van der Waals surface area (Å²) in [6, 6.07) is -10.5. The van der Waals surface area contributed by atoms with E-state index in [0.717, 1.165) is 90.2 Å². The molecule has 0 saturated carbocycles. The first-order valence-corrected chi connectivity index (χ1v) is 31.0. The normalized spacial score (nSPS) is 26.8. The number of esters is 1. The summed E-state index contributed by atoms with van der Waals surface area (Å²) < 4.78 is 17.4. The van der Waals surface area contributed by atoms with Gasteiger partial charge in [0, 0.05) is 20.0 Å². The van der Waals surface area contributed by atoms with Crippen LogP contribution in [0.5, 0.6) is 0 Å². The van der Waals surface area contributed by atoms with Gasteiger partial charge in [-0.25, -0.2) is 4.79 Å². The van der Waals surface area contributed by atoms with Crippen LogP contribution in [-0.4, -0.2) is 231 Å². The standard InChI is InChI=1S/C58H101N13O20/c1-9-11-12-13-14-15-16-17-18-20-34(90-57-49(81)48(80)47(79)39(29-72)91-57)26-41(76)65-35(10-2)52(84)70-45-33(7)89-56(88)37(21-19-24-62-58(60)61)67-55(87)46(32(6)74)71(8)43(78)28-64-50(82)36(22-23-40(59)75)66-42(77)27-63-51(83)38(25-30(3)4)68-53(85)44(31(5)73)69-54(45)86/h10,30-34,36-39,44-49,57,72-74,79-81H,9,11-29H2,1-8H3,(H2,59,75)(H,63,83)(H,64,82)(H,65,76)(H,66,77)(H,67,87)(H,68,85)(H,69,86)(H,70,84)(H4,60,61,62)/b35-10+. The summed E-state index contributed by atoms with van der Waals surface area (Å²) in [4.78, 5) is 156. The molecule has 33 nitrogen and oxygen atoms in total. The van der Waals surface area contributed by atoms with E-state index in [2.05, 4.69) is 54.5 Å². The lowest BCUT2D eigenvalue weighted by atomic mass is 9.99. The Labute approximate surface area is 530 Å². The van der Waals surface area contributed by atoms with E-state index in [0.29, 0.717) is 6.42 Å². The Bertz CT molecular complexity index is 2460. The van der Waals surface area contributed by atoms with Crippen LogP contribution in [0.2, 0.25) is 0 Å². The fourth-order valence-corrected chi connectivity index (χ4v) is 9.88. The number of unbranched alkanes of at least 4 members (excludes halogenated alkanes) is 8. The Kier molecular flexibility index (Phi) is 36.3. The number of amides is 10. The van der Waals surface area contributed by atoms with Gasteiger partial charge < -0.3 is 109 Å². The predicted molar refractivity (Wildman–Crippen MR) is 326 cm³/mol. The van der Waals surface area contributed by atoms with Crippen molar-refractivity contribution in [3.05, 3.63) is 11.8 Å². The number of guanidine groups is 1. The number of hydrogen-bond donors (Lipinski definition) is 17. The third-order valence-electron chi connectivity index (χ3n) is 15.0. The van der Waals surface area contributed by atoms with Crippen molar-refractivity contribution in [2.24, 2.45) is 28.1 Å².